The minimum Gasteiger partial charge on any atom is -0.328 e. The van der Waals surface area contributed by atoms with Crippen LogP contribution >= 0.6 is 0 Å². The highest BCUT2D eigenvalue weighted by molar-refractivity contribution is 5.77. The molecule has 2 rings (SSSR count). The summed E-state index contributed by atoms with van der Waals surface area (Å²) in [4.78, 5) is 4.64. The minimum absolute atomic E-state index is 0.570. The lowest BCUT2D eigenvalue weighted by Gasteiger charge is -2.06. The van der Waals surface area contributed by atoms with Crippen molar-refractivity contribution in [3.8, 4) is 0 Å². The Balaban J connectivity index is 2.56. The Morgan fingerprint density at radius 2 is 2.06 bits per heavy atom. The van der Waals surface area contributed by atoms with Gasteiger partial charge in [-0.3, -0.25) is 0 Å². The summed E-state index contributed by atoms with van der Waals surface area (Å²) in [6.45, 7) is 9.79. The van der Waals surface area contributed by atoms with E-state index >= 15 is 0 Å². The molecule has 1 heterocycles. The molecule has 0 fully saturated rings. The third-order valence-electron chi connectivity index (χ3n) is 3.08. The number of aryl methyl sites for hydroxylation is 2. The van der Waals surface area contributed by atoms with E-state index < -0.39 is 0 Å². The van der Waals surface area contributed by atoms with Crippen molar-refractivity contribution in [2.24, 2.45) is 0 Å². The first-order valence-electron chi connectivity index (χ1n) is 6.10. The van der Waals surface area contributed by atoms with Gasteiger partial charge in [-0.25, -0.2) is 4.98 Å². The maximum absolute atomic E-state index is 4.64. The molecule has 0 saturated carbocycles. The maximum atomic E-state index is 4.64. The second-order valence-electron chi connectivity index (χ2n) is 4.71. The van der Waals surface area contributed by atoms with Gasteiger partial charge in [0, 0.05) is 6.54 Å². The van der Waals surface area contributed by atoms with Crippen LogP contribution in [0.5, 0.6) is 0 Å². The monoisotopic (exact) mass is 216 g/mol. The van der Waals surface area contributed by atoms with Crippen molar-refractivity contribution in [2.45, 2.75) is 46.6 Å². The molecule has 2 aromatic rings. The van der Waals surface area contributed by atoms with Gasteiger partial charge in [0.2, 0.25) is 0 Å². The Kier molecular flexibility index (Phi) is 2.99. The Labute approximate surface area is 97.3 Å². The van der Waals surface area contributed by atoms with Gasteiger partial charge in [-0.05, 0) is 37.0 Å². The number of aromatic nitrogens is 2. The lowest BCUT2D eigenvalue weighted by atomic mass is 10.0. The first-order valence-corrected chi connectivity index (χ1v) is 6.10. The topological polar surface area (TPSA) is 17.8 Å². The van der Waals surface area contributed by atoms with E-state index in [0.717, 1.165) is 24.3 Å². The summed E-state index contributed by atoms with van der Waals surface area (Å²) in [5.41, 5.74) is 3.77. The molecule has 86 valence electrons. The highest BCUT2D eigenvalue weighted by atomic mass is 15.1. The molecule has 0 N–H and O–H groups in total. The van der Waals surface area contributed by atoms with Gasteiger partial charge in [0.05, 0.1) is 11.0 Å². The van der Waals surface area contributed by atoms with Crippen molar-refractivity contribution in [2.75, 3.05) is 0 Å². The van der Waals surface area contributed by atoms with E-state index in [1.165, 1.54) is 11.1 Å². The summed E-state index contributed by atoms with van der Waals surface area (Å²) in [6, 6.07) is 6.65. The van der Waals surface area contributed by atoms with Crippen LogP contribution in [0.3, 0.4) is 0 Å². The first kappa shape index (κ1) is 11.2. The largest absolute Gasteiger partial charge is 0.328 e. The molecule has 0 aliphatic carbocycles. The molecule has 1 aromatic carbocycles. The van der Waals surface area contributed by atoms with Crippen LogP contribution in [0.4, 0.5) is 0 Å². The van der Waals surface area contributed by atoms with Crippen molar-refractivity contribution in [1.29, 1.82) is 0 Å². The zero-order valence-electron chi connectivity index (χ0n) is 10.6. The highest BCUT2D eigenvalue weighted by Crippen LogP contribution is 2.22. The molecular weight excluding hydrogens is 196 g/mol. The molecule has 0 aliphatic rings. The normalized spacial score (nSPS) is 11.6. The molecule has 1 aromatic heterocycles. The lowest BCUT2D eigenvalue weighted by Crippen LogP contribution is -1.98. The summed E-state index contributed by atoms with van der Waals surface area (Å²) in [5, 5.41) is 0. The second kappa shape index (κ2) is 4.28. The molecule has 0 bridgehead atoms. The van der Waals surface area contributed by atoms with Crippen molar-refractivity contribution >= 4 is 11.0 Å². The number of fused-ring (bicyclic) bond motifs is 1. The SMILES string of the molecule is CCCn1c(C)nc2cc(C(C)C)ccc21. The fraction of sp³-hybridized carbons (Fsp3) is 0.500. The molecule has 0 radical (unpaired) electrons. The summed E-state index contributed by atoms with van der Waals surface area (Å²) in [7, 11) is 0. The van der Waals surface area contributed by atoms with Crippen LogP contribution in [0.25, 0.3) is 11.0 Å². The van der Waals surface area contributed by atoms with Gasteiger partial charge in [0.1, 0.15) is 5.82 Å². The van der Waals surface area contributed by atoms with Crippen LogP contribution in [-0.2, 0) is 6.54 Å². The molecule has 0 amide bonds. The summed E-state index contributed by atoms with van der Waals surface area (Å²) < 4.78 is 2.30. The smallest absolute Gasteiger partial charge is 0.106 e. The standard InChI is InChI=1S/C14H20N2/c1-5-8-16-11(4)15-13-9-12(10(2)3)6-7-14(13)16/h6-7,9-10H,5,8H2,1-4H3. The summed E-state index contributed by atoms with van der Waals surface area (Å²) in [6.07, 6.45) is 1.15. The van der Waals surface area contributed by atoms with Gasteiger partial charge >= 0.3 is 0 Å². The van der Waals surface area contributed by atoms with Gasteiger partial charge in [0.25, 0.3) is 0 Å². The zero-order valence-corrected chi connectivity index (χ0v) is 10.6. The van der Waals surface area contributed by atoms with Crippen LogP contribution in [-0.4, -0.2) is 9.55 Å². The number of rotatable bonds is 3. The molecule has 16 heavy (non-hydrogen) atoms. The third-order valence-corrected chi connectivity index (χ3v) is 3.08. The summed E-state index contributed by atoms with van der Waals surface area (Å²) >= 11 is 0. The second-order valence-corrected chi connectivity index (χ2v) is 4.71. The van der Waals surface area contributed by atoms with Crippen molar-refractivity contribution in [3.63, 3.8) is 0 Å². The Morgan fingerprint density at radius 3 is 2.69 bits per heavy atom. The molecule has 0 unspecified atom stereocenters. The summed E-state index contributed by atoms with van der Waals surface area (Å²) in [5.74, 6) is 1.69. The van der Waals surface area contributed by atoms with Gasteiger partial charge in [-0.2, -0.15) is 0 Å². The molecule has 2 nitrogen and oxygen atoms in total. The number of nitrogens with zero attached hydrogens (tertiary/aromatic N) is 2. The Bertz CT molecular complexity index is 495. The average molecular weight is 216 g/mol. The quantitative estimate of drug-likeness (QED) is 0.761. The number of benzene rings is 1. The first-order chi connectivity index (χ1) is 7.63. The van der Waals surface area contributed by atoms with E-state index in [4.69, 9.17) is 0 Å². The average Bonchev–Trinajstić information content (AvgIpc) is 2.55. The van der Waals surface area contributed by atoms with Crippen LogP contribution in [0.15, 0.2) is 18.2 Å². The van der Waals surface area contributed by atoms with Gasteiger partial charge in [-0.15, -0.1) is 0 Å². The minimum atomic E-state index is 0.570. The van der Waals surface area contributed by atoms with Gasteiger partial charge in [-0.1, -0.05) is 26.8 Å². The molecule has 2 heteroatoms. The van der Waals surface area contributed by atoms with E-state index in [0.29, 0.717) is 5.92 Å². The fourth-order valence-corrected chi connectivity index (χ4v) is 2.13. The fourth-order valence-electron chi connectivity index (χ4n) is 2.13. The van der Waals surface area contributed by atoms with E-state index in [2.05, 4.69) is 55.4 Å². The maximum Gasteiger partial charge on any atom is 0.106 e. The molecule has 0 atom stereocenters. The van der Waals surface area contributed by atoms with Crippen molar-refractivity contribution in [3.05, 3.63) is 29.6 Å². The number of hydrogen-bond donors (Lipinski definition) is 0. The van der Waals surface area contributed by atoms with Gasteiger partial charge in [0.15, 0.2) is 0 Å². The van der Waals surface area contributed by atoms with E-state index in [9.17, 15) is 0 Å². The molecule has 0 spiro atoms. The molecule has 0 saturated heterocycles. The predicted octanol–water partition coefficient (Wildman–Crippen LogP) is 3.88. The van der Waals surface area contributed by atoms with Crippen LogP contribution in [0.1, 0.15) is 44.5 Å². The Hall–Kier alpha value is -1.31. The van der Waals surface area contributed by atoms with Crippen LogP contribution in [0, 0.1) is 6.92 Å². The highest BCUT2D eigenvalue weighted by Gasteiger charge is 2.08. The van der Waals surface area contributed by atoms with E-state index in [1.807, 2.05) is 0 Å². The predicted molar refractivity (Wildman–Crippen MR) is 68.9 cm³/mol. The van der Waals surface area contributed by atoms with E-state index in [-0.39, 0.29) is 0 Å². The Morgan fingerprint density at radius 1 is 1.31 bits per heavy atom. The van der Waals surface area contributed by atoms with E-state index in [1.54, 1.807) is 0 Å². The van der Waals surface area contributed by atoms with Crippen molar-refractivity contribution < 1.29 is 0 Å². The van der Waals surface area contributed by atoms with Crippen LogP contribution in [0.2, 0.25) is 0 Å². The molecular formula is C14H20N2. The lowest BCUT2D eigenvalue weighted by molar-refractivity contribution is 0.676. The van der Waals surface area contributed by atoms with Gasteiger partial charge < -0.3 is 4.57 Å². The molecule has 0 aliphatic heterocycles. The number of imidazole rings is 1. The number of hydrogen-bond acceptors (Lipinski definition) is 1. The van der Waals surface area contributed by atoms with Crippen LogP contribution < -0.4 is 0 Å². The van der Waals surface area contributed by atoms with Crippen molar-refractivity contribution in [1.82, 2.24) is 9.55 Å². The zero-order chi connectivity index (χ0) is 11.7. The third kappa shape index (κ3) is 1.84.